The number of halogens is 3. The van der Waals surface area contributed by atoms with Crippen molar-refractivity contribution in [3.05, 3.63) is 112 Å². The van der Waals surface area contributed by atoms with Crippen LogP contribution < -0.4 is 20.3 Å². The van der Waals surface area contributed by atoms with Crippen LogP contribution in [-0.2, 0) is 24.6 Å². The minimum Gasteiger partial charge on any atom is -0.497 e. The van der Waals surface area contributed by atoms with E-state index in [1.165, 1.54) is 14.2 Å². The number of aliphatic hydroxyl groups is 1. The number of aromatic nitrogens is 4. The number of ether oxygens (including phenoxy) is 5. The fourth-order valence-corrected chi connectivity index (χ4v) is 6.08. The number of aromatic amines is 1. The molecule has 5 aromatic rings. The second-order valence-electron chi connectivity index (χ2n) is 12.3. The van der Waals surface area contributed by atoms with E-state index in [1.54, 1.807) is 62.4 Å². The maximum atomic E-state index is 13.9. The number of rotatable bonds is 12. The van der Waals surface area contributed by atoms with Gasteiger partial charge >= 0.3 is 6.36 Å². The van der Waals surface area contributed by atoms with Crippen molar-refractivity contribution in [2.45, 2.75) is 50.4 Å². The number of alkyl halides is 3. The second-order valence-corrected chi connectivity index (χ2v) is 12.3. The summed E-state index contributed by atoms with van der Waals surface area (Å²) in [5.41, 5.74) is -0.672. The maximum Gasteiger partial charge on any atom is 0.523 e. The normalized spacial score (nSPS) is 19.2. The smallest absolute Gasteiger partial charge is 0.497 e. The predicted octanol–water partition coefficient (Wildman–Crippen LogP) is 4.90. The molecule has 1 aliphatic rings. The average molecular weight is 724 g/mol. The largest absolute Gasteiger partial charge is 0.523 e. The first-order valence-electron chi connectivity index (χ1n) is 16.2. The van der Waals surface area contributed by atoms with Crippen LogP contribution in [0.5, 0.6) is 11.5 Å². The van der Waals surface area contributed by atoms with Crippen molar-refractivity contribution in [1.29, 1.82) is 0 Å². The molecule has 3 aromatic carbocycles. The zero-order valence-electron chi connectivity index (χ0n) is 28.5. The number of carbonyl (C=O) groups excluding carboxylic acids is 1. The van der Waals surface area contributed by atoms with E-state index in [-0.39, 0.29) is 17.1 Å². The molecule has 1 amide bonds. The number of carbonyl (C=O) groups is 1. The molecule has 3 N–H and O–H groups in total. The fraction of sp³-hybridized carbons (Fsp3) is 0.333. The molecule has 274 valence electrons. The monoisotopic (exact) mass is 723 g/mol. The Morgan fingerprint density at radius 2 is 1.54 bits per heavy atom. The van der Waals surface area contributed by atoms with Gasteiger partial charge in [-0.25, -0.2) is 4.98 Å². The van der Waals surface area contributed by atoms with Gasteiger partial charge in [0.25, 0.3) is 5.56 Å². The standard InChI is InChI=1S/C36H36F3N5O8/c1-20(2)31(46)42-34-41-30-27(32(47)43-34)40-19-44(30)33-29(52-36(37,38)39)28(45)26(51-33)18-50-35(21-8-6-5-7-9-21,22-10-14-24(48-3)15-11-22)23-12-16-25(49-4)17-13-23/h5-17,19-20,26,28-29,33,45H,18H2,1-4H3,(H2,41,42,43,46,47)/t26-,28-,29-,33-/m1/s1. The summed E-state index contributed by atoms with van der Waals surface area (Å²) >= 11 is 0. The molecule has 0 radical (unpaired) electrons. The first-order valence-corrected chi connectivity index (χ1v) is 16.2. The SMILES string of the molecule is COc1ccc(C(OC[C@H]2O[C@@H](n3cnc4c(=O)[nH]c(NC(=O)C(C)C)nc43)[C@H](OC(F)(F)F)[C@@H]2O)(c2ccccc2)c2ccc(OC)cc2)cc1. The molecule has 0 saturated carbocycles. The Bertz CT molecular complexity index is 2010. The molecule has 1 fully saturated rings. The van der Waals surface area contributed by atoms with Crippen molar-refractivity contribution >= 4 is 23.0 Å². The Morgan fingerprint density at radius 1 is 0.962 bits per heavy atom. The highest BCUT2D eigenvalue weighted by atomic mass is 19.4. The molecule has 6 rings (SSSR count). The number of amides is 1. The zero-order valence-corrected chi connectivity index (χ0v) is 28.5. The van der Waals surface area contributed by atoms with Gasteiger partial charge in [0.15, 0.2) is 17.4 Å². The third-order valence-corrected chi connectivity index (χ3v) is 8.69. The Morgan fingerprint density at radius 3 is 2.08 bits per heavy atom. The number of anilines is 1. The lowest BCUT2D eigenvalue weighted by molar-refractivity contribution is -0.355. The van der Waals surface area contributed by atoms with E-state index in [0.717, 1.165) is 10.9 Å². The molecular formula is C36H36F3N5O8. The summed E-state index contributed by atoms with van der Waals surface area (Å²) in [7, 11) is 3.07. The number of H-pyrrole nitrogens is 1. The van der Waals surface area contributed by atoms with Crippen LogP contribution in [0.1, 0.15) is 36.8 Å². The highest BCUT2D eigenvalue weighted by Crippen LogP contribution is 2.44. The van der Waals surface area contributed by atoms with E-state index in [4.69, 9.17) is 18.9 Å². The van der Waals surface area contributed by atoms with Gasteiger partial charge in [0.2, 0.25) is 11.9 Å². The molecule has 3 heterocycles. The third kappa shape index (κ3) is 7.23. The highest BCUT2D eigenvalue weighted by molar-refractivity contribution is 5.91. The molecule has 1 aliphatic heterocycles. The molecule has 2 aromatic heterocycles. The van der Waals surface area contributed by atoms with Crippen molar-refractivity contribution in [2.24, 2.45) is 5.92 Å². The minimum atomic E-state index is -5.19. The van der Waals surface area contributed by atoms with E-state index < -0.39 is 60.5 Å². The Labute approximate surface area is 295 Å². The first kappa shape index (κ1) is 36.5. The second kappa shape index (κ2) is 14.7. The van der Waals surface area contributed by atoms with Gasteiger partial charge in [-0.1, -0.05) is 68.4 Å². The number of hydrogen-bond acceptors (Lipinski definition) is 10. The molecule has 4 atom stereocenters. The summed E-state index contributed by atoms with van der Waals surface area (Å²) < 4.78 is 70.7. The number of methoxy groups -OCH3 is 2. The average Bonchev–Trinajstić information content (AvgIpc) is 3.69. The molecule has 13 nitrogen and oxygen atoms in total. The predicted molar refractivity (Wildman–Crippen MR) is 181 cm³/mol. The quantitative estimate of drug-likeness (QED) is 0.151. The van der Waals surface area contributed by atoms with Crippen molar-refractivity contribution in [1.82, 2.24) is 19.5 Å². The van der Waals surface area contributed by atoms with Crippen LogP contribution in [0, 0.1) is 5.92 Å². The number of aliphatic hydroxyl groups excluding tert-OH is 1. The number of benzene rings is 3. The minimum absolute atomic E-state index is 0.215. The number of imidazole rings is 1. The lowest BCUT2D eigenvalue weighted by Crippen LogP contribution is -2.41. The van der Waals surface area contributed by atoms with Crippen LogP contribution in [0.25, 0.3) is 11.2 Å². The van der Waals surface area contributed by atoms with Gasteiger partial charge in [-0.15, -0.1) is 13.2 Å². The van der Waals surface area contributed by atoms with Crippen LogP contribution >= 0.6 is 0 Å². The molecule has 1 saturated heterocycles. The van der Waals surface area contributed by atoms with E-state index in [0.29, 0.717) is 28.2 Å². The maximum absolute atomic E-state index is 13.9. The van der Waals surface area contributed by atoms with Gasteiger partial charge in [0, 0.05) is 5.92 Å². The van der Waals surface area contributed by atoms with Gasteiger partial charge in [-0.2, -0.15) is 4.98 Å². The topological polar surface area (TPSA) is 159 Å². The molecular weight excluding hydrogens is 687 g/mol. The van der Waals surface area contributed by atoms with Crippen molar-refractivity contribution in [3.8, 4) is 11.5 Å². The summed E-state index contributed by atoms with van der Waals surface area (Å²) in [6.07, 6.45) is -11.2. The molecule has 0 unspecified atom stereocenters. The van der Waals surface area contributed by atoms with Crippen LogP contribution in [0.2, 0.25) is 0 Å². The molecule has 52 heavy (non-hydrogen) atoms. The molecule has 16 heteroatoms. The summed E-state index contributed by atoms with van der Waals surface area (Å²) in [5.74, 6) is -0.0271. The van der Waals surface area contributed by atoms with E-state index in [2.05, 4.69) is 25.0 Å². The first-order chi connectivity index (χ1) is 24.8. The van der Waals surface area contributed by atoms with E-state index >= 15 is 0 Å². The van der Waals surface area contributed by atoms with Gasteiger partial charge in [0.05, 0.1) is 27.2 Å². The van der Waals surface area contributed by atoms with Crippen LogP contribution in [0.4, 0.5) is 19.1 Å². The summed E-state index contributed by atoms with van der Waals surface area (Å²) in [6, 6.07) is 23.4. The van der Waals surface area contributed by atoms with Crippen LogP contribution in [0.3, 0.4) is 0 Å². The Kier molecular flexibility index (Phi) is 10.4. The molecule has 0 bridgehead atoms. The lowest BCUT2D eigenvalue weighted by Gasteiger charge is -2.37. The van der Waals surface area contributed by atoms with Crippen LogP contribution in [-0.4, -0.2) is 76.0 Å². The van der Waals surface area contributed by atoms with E-state index in [1.807, 2.05) is 30.3 Å². The van der Waals surface area contributed by atoms with Gasteiger partial charge in [0.1, 0.15) is 35.4 Å². The zero-order chi connectivity index (χ0) is 37.2. The molecule has 0 spiro atoms. The number of fused-ring (bicyclic) bond motifs is 1. The third-order valence-electron chi connectivity index (χ3n) is 8.69. The Balaban J connectivity index is 1.42. The van der Waals surface area contributed by atoms with Crippen LogP contribution in [0.15, 0.2) is 90.0 Å². The summed E-state index contributed by atoms with van der Waals surface area (Å²) in [6.45, 7) is 2.81. The summed E-state index contributed by atoms with van der Waals surface area (Å²) in [4.78, 5) is 35.8. The van der Waals surface area contributed by atoms with Gasteiger partial charge in [-0.3, -0.25) is 29.2 Å². The highest BCUT2D eigenvalue weighted by Gasteiger charge is 2.52. The molecule has 0 aliphatic carbocycles. The fourth-order valence-electron chi connectivity index (χ4n) is 6.08. The number of nitrogens with one attached hydrogen (secondary N) is 2. The lowest BCUT2D eigenvalue weighted by atomic mass is 9.80. The van der Waals surface area contributed by atoms with Crippen molar-refractivity contribution in [3.63, 3.8) is 0 Å². The summed E-state index contributed by atoms with van der Waals surface area (Å²) in [5, 5.41) is 13.9. The van der Waals surface area contributed by atoms with E-state index in [9.17, 15) is 27.9 Å². The van der Waals surface area contributed by atoms with Gasteiger partial charge in [-0.05, 0) is 41.0 Å². The van der Waals surface area contributed by atoms with Gasteiger partial charge < -0.3 is 24.1 Å². The van der Waals surface area contributed by atoms with Crippen molar-refractivity contribution in [2.75, 3.05) is 26.1 Å². The Hall–Kier alpha value is -5.29. The number of hydrogen-bond donors (Lipinski definition) is 3. The number of nitrogens with zero attached hydrogens (tertiary/aromatic N) is 3. The van der Waals surface area contributed by atoms with Crippen molar-refractivity contribution < 1.29 is 46.8 Å².